The number of phenols is 1. The van der Waals surface area contributed by atoms with Gasteiger partial charge in [-0.05, 0) is 78.4 Å². The van der Waals surface area contributed by atoms with Crippen molar-refractivity contribution in [2.45, 2.75) is 24.2 Å². The van der Waals surface area contributed by atoms with E-state index in [1.165, 1.54) is 18.1 Å². The van der Waals surface area contributed by atoms with Crippen LogP contribution in [0.5, 0.6) is 11.5 Å². The highest BCUT2D eigenvalue weighted by atomic mass is 35.5. The first kappa shape index (κ1) is 33.7. The zero-order valence-electron chi connectivity index (χ0n) is 28.0. The van der Waals surface area contributed by atoms with Crippen LogP contribution in [0, 0.1) is 23.7 Å². The first-order valence-electron chi connectivity index (χ1n) is 16.9. The minimum absolute atomic E-state index is 0.0621. The number of allylic oxidation sites excluding steroid dienone is 2. The maximum atomic E-state index is 15.3. The number of benzene rings is 4. The van der Waals surface area contributed by atoms with Gasteiger partial charge in [0.15, 0.2) is 0 Å². The fourth-order valence-electron chi connectivity index (χ4n) is 8.93. The topological polar surface area (TPSA) is 116 Å². The van der Waals surface area contributed by atoms with Gasteiger partial charge in [-0.25, -0.2) is 0 Å². The highest BCUT2D eigenvalue weighted by Gasteiger charge is 2.70. The normalized spacial score (nSPS) is 26.4. The van der Waals surface area contributed by atoms with Crippen LogP contribution in [0.1, 0.15) is 35.4 Å². The summed E-state index contributed by atoms with van der Waals surface area (Å²) in [6, 6.07) is 25.5. The third-order valence-electron chi connectivity index (χ3n) is 11.2. The summed E-state index contributed by atoms with van der Waals surface area (Å²) in [5.41, 5.74) is 4.70. The van der Waals surface area contributed by atoms with Crippen molar-refractivity contribution in [1.29, 1.82) is 0 Å². The minimum atomic E-state index is -1.57. The van der Waals surface area contributed by atoms with Crippen LogP contribution in [0.15, 0.2) is 109 Å². The number of rotatable bonds is 7. The van der Waals surface area contributed by atoms with Crippen LogP contribution in [0.3, 0.4) is 0 Å². The number of fused-ring (bicyclic) bond motifs is 4. The quantitative estimate of drug-likeness (QED) is 0.149. The molecule has 2 aliphatic carbocycles. The minimum Gasteiger partial charge on any atom is -0.508 e. The average molecular weight is 735 g/mol. The van der Waals surface area contributed by atoms with E-state index in [0.29, 0.717) is 33.3 Å². The SMILES string of the molecule is C=Cc1ccc(N2C(=O)[C@H]3[C@H](CC=C4[C@H]3C[C@H]3C(=O)N(Nc5ccc(Cl)cc5Cl)C(=O)[C@@]3(c3ccc(OC)cc3)[C@H]4c3ccccc3O)C2=O)cc1. The molecule has 0 bridgehead atoms. The monoisotopic (exact) mass is 733 g/mol. The van der Waals surface area contributed by atoms with Gasteiger partial charge in [-0.1, -0.05) is 90.0 Å². The number of anilines is 2. The highest BCUT2D eigenvalue weighted by Crippen LogP contribution is 2.65. The number of carbonyl (C=O) groups is 4. The molecule has 8 rings (SSSR count). The van der Waals surface area contributed by atoms with Crippen LogP contribution in [-0.4, -0.2) is 40.9 Å². The van der Waals surface area contributed by atoms with E-state index >= 15 is 4.79 Å². The number of imide groups is 2. The lowest BCUT2D eigenvalue weighted by Gasteiger charge is -2.50. The number of phenolic OH excluding ortho intramolecular Hbond substituents is 1. The van der Waals surface area contributed by atoms with Crippen molar-refractivity contribution >= 4 is 64.3 Å². The van der Waals surface area contributed by atoms with Crippen LogP contribution in [0.4, 0.5) is 11.4 Å². The number of nitrogens with zero attached hydrogens (tertiary/aromatic N) is 2. The number of carbonyl (C=O) groups excluding carboxylic acids is 4. The van der Waals surface area contributed by atoms with Gasteiger partial charge in [0.25, 0.3) is 11.8 Å². The standard InChI is InChI=1S/C41H33Cl2N3O6/c1-3-22-8-13-25(14-9-22)45-37(48)29-18-17-27-30(35(29)39(45)50)21-31-38(49)46(44-33-19-12-24(42)20-32(33)43)40(51)41(31,23-10-15-26(52-2)16-11-23)36(27)28-6-4-5-7-34(28)47/h3-17,19-20,29-31,35-36,44,47H,1,18,21H2,2H3/t29-,30+,31-,35-,36+,41+/m0/s1. The molecule has 2 heterocycles. The molecule has 11 heteroatoms. The predicted molar refractivity (Wildman–Crippen MR) is 198 cm³/mol. The lowest BCUT2D eigenvalue weighted by molar-refractivity contribution is -0.138. The second kappa shape index (κ2) is 12.7. The largest absolute Gasteiger partial charge is 0.508 e. The first-order chi connectivity index (χ1) is 25.1. The number of halogens is 2. The van der Waals surface area contributed by atoms with Crippen LogP contribution in [-0.2, 0) is 24.6 Å². The predicted octanol–water partition coefficient (Wildman–Crippen LogP) is 7.54. The van der Waals surface area contributed by atoms with Gasteiger partial charge in [-0.15, -0.1) is 0 Å². The molecule has 9 nitrogen and oxygen atoms in total. The molecule has 4 aromatic carbocycles. The van der Waals surface area contributed by atoms with Gasteiger partial charge in [0.2, 0.25) is 11.8 Å². The second-order valence-corrected chi connectivity index (χ2v) is 14.4. The van der Waals surface area contributed by atoms with Crippen molar-refractivity contribution in [2.24, 2.45) is 23.7 Å². The van der Waals surface area contributed by atoms with Gasteiger partial charge >= 0.3 is 0 Å². The summed E-state index contributed by atoms with van der Waals surface area (Å²) >= 11 is 12.7. The molecule has 3 fully saturated rings. The third-order valence-corrected chi connectivity index (χ3v) is 11.8. The molecule has 4 amide bonds. The molecule has 2 N–H and O–H groups in total. The van der Waals surface area contributed by atoms with E-state index in [4.69, 9.17) is 27.9 Å². The molecule has 52 heavy (non-hydrogen) atoms. The van der Waals surface area contributed by atoms with Crippen LogP contribution in [0.2, 0.25) is 10.0 Å². The smallest absolute Gasteiger partial charge is 0.260 e. The van der Waals surface area contributed by atoms with E-state index in [9.17, 15) is 19.5 Å². The highest BCUT2D eigenvalue weighted by molar-refractivity contribution is 6.36. The fraction of sp³-hybridized carbons (Fsp3) is 0.220. The lowest BCUT2D eigenvalue weighted by atomic mass is 9.49. The summed E-state index contributed by atoms with van der Waals surface area (Å²) < 4.78 is 5.45. The zero-order chi connectivity index (χ0) is 36.5. The molecule has 262 valence electrons. The van der Waals surface area contributed by atoms with Crippen LogP contribution in [0.25, 0.3) is 6.08 Å². The lowest BCUT2D eigenvalue weighted by Crippen LogP contribution is -2.53. The zero-order valence-corrected chi connectivity index (χ0v) is 29.5. The Morgan fingerprint density at radius 1 is 0.904 bits per heavy atom. The number of hydrogen-bond donors (Lipinski definition) is 2. The van der Waals surface area contributed by atoms with E-state index in [1.807, 2.05) is 6.08 Å². The second-order valence-electron chi connectivity index (χ2n) is 13.6. The molecule has 0 spiro atoms. The van der Waals surface area contributed by atoms with Crippen molar-refractivity contribution in [3.63, 3.8) is 0 Å². The van der Waals surface area contributed by atoms with Gasteiger partial charge < -0.3 is 9.84 Å². The Hall–Kier alpha value is -5.38. The van der Waals surface area contributed by atoms with Crippen LogP contribution < -0.4 is 15.1 Å². The van der Waals surface area contributed by atoms with Gasteiger partial charge in [0.05, 0.1) is 46.7 Å². The Morgan fingerprint density at radius 3 is 2.31 bits per heavy atom. The maximum absolute atomic E-state index is 15.3. The third kappa shape index (κ3) is 4.90. The van der Waals surface area contributed by atoms with E-state index in [1.54, 1.807) is 91.0 Å². The van der Waals surface area contributed by atoms with E-state index in [2.05, 4.69) is 12.0 Å². The van der Waals surface area contributed by atoms with Gasteiger partial charge in [-0.2, -0.15) is 5.01 Å². The number of aromatic hydroxyl groups is 1. The Bertz CT molecular complexity index is 2200. The van der Waals surface area contributed by atoms with Crippen molar-refractivity contribution in [2.75, 3.05) is 17.4 Å². The van der Waals surface area contributed by atoms with E-state index in [0.717, 1.165) is 16.1 Å². The molecule has 6 atom stereocenters. The summed E-state index contributed by atoms with van der Waals surface area (Å²) in [4.78, 5) is 59.9. The number of para-hydroxylation sites is 1. The molecule has 1 saturated carbocycles. The summed E-state index contributed by atoms with van der Waals surface area (Å²) in [5.74, 6) is -5.19. The molecule has 4 aliphatic rings. The van der Waals surface area contributed by atoms with Crippen molar-refractivity contribution in [3.8, 4) is 11.5 Å². The Balaban J connectivity index is 1.32. The Morgan fingerprint density at radius 2 is 1.63 bits per heavy atom. The molecule has 0 aromatic heterocycles. The summed E-state index contributed by atoms with van der Waals surface area (Å²) in [6.45, 7) is 3.79. The van der Waals surface area contributed by atoms with Crippen molar-refractivity contribution in [1.82, 2.24) is 5.01 Å². The molecule has 2 saturated heterocycles. The number of methoxy groups -OCH3 is 1. The van der Waals surface area contributed by atoms with Gasteiger partial charge in [0, 0.05) is 16.5 Å². The van der Waals surface area contributed by atoms with E-state index < -0.39 is 46.8 Å². The van der Waals surface area contributed by atoms with Gasteiger partial charge in [0.1, 0.15) is 11.5 Å². The van der Waals surface area contributed by atoms with E-state index in [-0.39, 0.29) is 35.4 Å². The summed E-state index contributed by atoms with van der Waals surface area (Å²) in [5, 5.41) is 13.1. The fourth-order valence-corrected chi connectivity index (χ4v) is 9.38. The Labute approximate surface area is 310 Å². The van der Waals surface area contributed by atoms with Gasteiger partial charge in [-0.3, -0.25) is 29.5 Å². The van der Waals surface area contributed by atoms with Crippen LogP contribution >= 0.6 is 23.2 Å². The number of hydrogen-bond acceptors (Lipinski definition) is 7. The summed E-state index contributed by atoms with van der Waals surface area (Å²) in [7, 11) is 1.54. The first-order valence-corrected chi connectivity index (χ1v) is 17.7. The number of ether oxygens (including phenoxy) is 1. The molecule has 0 unspecified atom stereocenters. The van der Waals surface area contributed by atoms with Crippen molar-refractivity contribution < 1.29 is 29.0 Å². The molecular weight excluding hydrogens is 701 g/mol. The van der Waals surface area contributed by atoms with Crippen molar-refractivity contribution in [3.05, 3.63) is 136 Å². The number of hydrazine groups is 1. The molecular formula is C41H33Cl2N3O6. The maximum Gasteiger partial charge on any atom is 0.260 e. The average Bonchev–Trinajstić information content (AvgIpc) is 3.53. The molecule has 0 radical (unpaired) electrons. The molecule has 4 aromatic rings. The summed E-state index contributed by atoms with van der Waals surface area (Å²) in [6.07, 6.45) is 3.98. The molecule has 2 aliphatic heterocycles. The number of amides is 4. The Kier molecular flexibility index (Phi) is 8.23. The number of nitrogens with one attached hydrogen (secondary N) is 1.